The van der Waals surface area contributed by atoms with Crippen LogP contribution in [0.3, 0.4) is 0 Å². The van der Waals surface area contributed by atoms with Gasteiger partial charge in [0.2, 0.25) is 5.76 Å². The number of ether oxygens (including phenoxy) is 1. The average molecular weight is 306 g/mol. The third-order valence-corrected chi connectivity index (χ3v) is 6.05. The summed E-state index contributed by atoms with van der Waals surface area (Å²) >= 11 is 0. The summed E-state index contributed by atoms with van der Waals surface area (Å²) < 4.78 is 10.5. The lowest BCUT2D eigenvalue weighted by Gasteiger charge is -2.45. The van der Waals surface area contributed by atoms with Crippen LogP contribution in [0, 0.1) is 23.2 Å². The fourth-order valence-corrected chi connectivity index (χ4v) is 4.91. The van der Waals surface area contributed by atoms with Crippen molar-refractivity contribution in [3.8, 4) is 0 Å². The summed E-state index contributed by atoms with van der Waals surface area (Å²) in [5, 5.41) is 10.3. The molecule has 4 heteroatoms. The highest BCUT2D eigenvalue weighted by Gasteiger charge is 2.52. The third-order valence-electron chi connectivity index (χ3n) is 6.05. The number of carbonyl (C=O) groups is 1. The number of hydrogen-bond donors (Lipinski definition) is 1. The van der Waals surface area contributed by atoms with Gasteiger partial charge in [-0.25, -0.2) is 4.79 Å². The lowest BCUT2D eigenvalue weighted by atomic mass is 9.62. The molecule has 1 aromatic heterocycles. The number of hydrogen-bond acceptors (Lipinski definition) is 4. The normalized spacial score (nSPS) is 35.9. The Kier molecular flexibility index (Phi) is 4.31. The van der Waals surface area contributed by atoms with Crippen LogP contribution < -0.4 is 0 Å². The Bertz CT molecular complexity index is 509. The van der Waals surface area contributed by atoms with Crippen LogP contribution in [0.1, 0.15) is 56.5 Å². The first-order valence-corrected chi connectivity index (χ1v) is 8.41. The zero-order chi connectivity index (χ0) is 15.7. The number of aliphatic hydroxyl groups excluding tert-OH is 1. The van der Waals surface area contributed by atoms with Gasteiger partial charge in [-0.3, -0.25) is 0 Å². The van der Waals surface area contributed by atoms with Gasteiger partial charge in [0.25, 0.3) is 0 Å². The first-order valence-electron chi connectivity index (χ1n) is 8.41. The predicted molar refractivity (Wildman–Crippen MR) is 82.3 cm³/mol. The van der Waals surface area contributed by atoms with E-state index in [1.807, 2.05) is 0 Å². The van der Waals surface area contributed by atoms with E-state index in [0.29, 0.717) is 24.4 Å². The molecule has 5 atom stereocenters. The number of rotatable bonds is 4. The summed E-state index contributed by atoms with van der Waals surface area (Å²) in [5.41, 5.74) is 0.189. The average Bonchev–Trinajstić information content (AvgIpc) is 3.12. The van der Waals surface area contributed by atoms with E-state index < -0.39 is 0 Å². The largest absolute Gasteiger partial charge is 0.460 e. The molecular weight excluding hydrogens is 280 g/mol. The van der Waals surface area contributed by atoms with E-state index >= 15 is 0 Å². The number of fused-ring (bicyclic) bond motifs is 1. The van der Waals surface area contributed by atoms with Gasteiger partial charge in [0, 0.05) is 0 Å². The Morgan fingerprint density at radius 3 is 3.05 bits per heavy atom. The summed E-state index contributed by atoms with van der Waals surface area (Å²) in [4.78, 5) is 11.9. The van der Waals surface area contributed by atoms with E-state index in [1.165, 1.54) is 12.7 Å². The minimum atomic E-state index is -0.389. The number of furan rings is 1. The lowest BCUT2D eigenvalue weighted by Crippen LogP contribution is -2.42. The van der Waals surface area contributed by atoms with Gasteiger partial charge < -0.3 is 14.3 Å². The monoisotopic (exact) mass is 306 g/mol. The van der Waals surface area contributed by atoms with Gasteiger partial charge in [0.1, 0.15) is 0 Å². The summed E-state index contributed by atoms with van der Waals surface area (Å²) in [5.74, 6) is 1.10. The first-order chi connectivity index (χ1) is 10.5. The predicted octanol–water partition coefficient (Wildman–Crippen LogP) is 3.65. The molecule has 0 bridgehead atoms. The van der Waals surface area contributed by atoms with E-state index in [2.05, 4.69) is 13.8 Å². The minimum absolute atomic E-state index is 0.151. The van der Waals surface area contributed by atoms with Crippen molar-refractivity contribution < 1.29 is 19.1 Å². The fourth-order valence-electron chi connectivity index (χ4n) is 4.91. The second-order valence-electron chi connectivity index (χ2n) is 7.31. The Labute approximate surface area is 131 Å². The standard InChI is InChI=1S/C18H26O4/c1-12(11-22-17(20)16-6-4-10-21-16)13-7-8-14-15(19)5-3-9-18(13,14)2/h4,6,10,12-15,19H,3,5,7-9,11H2,1-2H3/t12-,13-,14+,15+,18-/m1/s1. The molecule has 0 unspecified atom stereocenters. The van der Waals surface area contributed by atoms with Crippen LogP contribution in [0.4, 0.5) is 0 Å². The molecule has 122 valence electrons. The van der Waals surface area contributed by atoms with Gasteiger partial charge in [-0.05, 0) is 61.0 Å². The smallest absolute Gasteiger partial charge is 0.374 e. The molecule has 0 amide bonds. The van der Waals surface area contributed by atoms with Gasteiger partial charge in [0.15, 0.2) is 0 Å². The summed E-state index contributed by atoms with van der Waals surface area (Å²) in [6, 6.07) is 3.31. The zero-order valence-electron chi connectivity index (χ0n) is 13.5. The van der Waals surface area contributed by atoms with Gasteiger partial charge in [-0.1, -0.05) is 20.3 Å². The molecule has 3 rings (SSSR count). The van der Waals surface area contributed by atoms with Crippen molar-refractivity contribution in [2.45, 2.75) is 52.1 Å². The van der Waals surface area contributed by atoms with Gasteiger partial charge in [-0.2, -0.15) is 0 Å². The molecule has 2 fully saturated rings. The second kappa shape index (κ2) is 6.07. The second-order valence-corrected chi connectivity index (χ2v) is 7.31. The quantitative estimate of drug-likeness (QED) is 0.863. The maximum Gasteiger partial charge on any atom is 0.374 e. The highest BCUT2D eigenvalue weighted by atomic mass is 16.5. The van der Waals surface area contributed by atoms with Crippen molar-refractivity contribution in [3.05, 3.63) is 24.2 Å². The number of carbonyl (C=O) groups excluding carboxylic acids is 1. The molecule has 1 heterocycles. The molecule has 2 aliphatic rings. The maximum atomic E-state index is 11.9. The summed E-state index contributed by atoms with van der Waals surface area (Å²) in [6.45, 7) is 4.90. The lowest BCUT2D eigenvalue weighted by molar-refractivity contribution is -0.0349. The Morgan fingerprint density at radius 2 is 2.32 bits per heavy atom. The van der Waals surface area contributed by atoms with Crippen molar-refractivity contribution in [2.24, 2.45) is 23.2 Å². The zero-order valence-corrected chi connectivity index (χ0v) is 13.5. The van der Waals surface area contributed by atoms with Crippen LogP contribution in [0.15, 0.2) is 22.8 Å². The van der Waals surface area contributed by atoms with Gasteiger partial charge in [0.05, 0.1) is 19.0 Å². The van der Waals surface area contributed by atoms with Gasteiger partial charge in [-0.15, -0.1) is 0 Å². The van der Waals surface area contributed by atoms with Crippen molar-refractivity contribution in [2.75, 3.05) is 6.61 Å². The minimum Gasteiger partial charge on any atom is -0.460 e. The van der Waals surface area contributed by atoms with Crippen molar-refractivity contribution in [1.29, 1.82) is 0 Å². The van der Waals surface area contributed by atoms with E-state index in [9.17, 15) is 9.90 Å². The first kappa shape index (κ1) is 15.6. The molecule has 0 aromatic carbocycles. The van der Waals surface area contributed by atoms with E-state index in [-0.39, 0.29) is 23.2 Å². The highest BCUT2D eigenvalue weighted by molar-refractivity contribution is 5.86. The van der Waals surface area contributed by atoms with Crippen molar-refractivity contribution in [1.82, 2.24) is 0 Å². The molecule has 0 saturated heterocycles. The maximum absolute atomic E-state index is 11.9. The van der Waals surface area contributed by atoms with Crippen molar-refractivity contribution in [3.63, 3.8) is 0 Å². The molecule has 22 heavy (non-hydrogen) atoms. The Morgan fingerprint density at radius 1 is 1.50 bits per heavy atom. The number of esters is 1. The van der Waals surface area contributed by atoms with Crippen molar-refractivity contribution >= 4 is 5.97 Å². The molecular formula is C18H26O4. The van der Waals surface area contributed by atoms with Crippen LogP contribution in [-0.4, -0.2) is 23.8 Å². The highest BCUT2D eigenvalue weighted by Crippen LogP contribution is 2.57. The van der Waals surface area contributed by atoms with E-state index in [1.54, 1.807) is 12.1 Å². The molecule has 1 aromatic rings. The van der Waals surface area contributed by atoms with Crippen LogP contribution in [-0.2, 0) is 4.74 Å². The molecule has 2 aliphatic carbocycles. The van der Waals surface area contributed by atoms with Crippen LogP contribution in [0.5, 0.6) is 0 Å². The molecule has 0 spiro atoms. The third kappa shape index (κ3) is 2.69. The Balaban J connectivity index is 1.60. The van der Waals surface area contributed by atoms with E-state index in [0.717, 1.165) is 25.7 Å². The summed E-state index contributed by atoms with van der Waals surface area (Å²) in [6.07, 6.45) is 6.76. The molecule has 1 N–H and O–H groups in total. The topological polar surface area (TPSA) is 59.7 Å². The van der Waals surface area contributed by atoms with Crippen LogP contribution in [0.25, 0.3) is 0 Å². The SMILES string of the molecule is C[C@H](COC(=O)c1ccco1)[C@H]1CC[C@H]2[C@@H](O)CCC[C@]12C. The fraction of sp³-hybridized carbons (Fsp3) is 0.722. The molecule has 0 aliphatic heterocycles. The van der Waals surface area contributed by atoms with Gasteiger partial charge >= 0.3 is 5.97 Å². The van der Waals surface area contributed by atoms with Crippen LogP contribution in [0.2, 0.25) is 0 Å². The Hall–Kier alpha value is -1.29. The molecule has 0 radical (unpaired) electrons. The van der Waals surface area contributed by atoms with Crippen LogP contribution >= 0.6 is 0 Å². The summed E-state index contributed by atoms with van der Waals surface area (Å²) in [7, 11) is 0. The molecule has 2 saturated carbocycles. The van der Waals surface area contributed by atoms with E-state index in [4.69, 9.17) is 9.15 Å². The number of aliphatic hydroxyl groups is 1. The molecule has 4 nitrogen and oxygen atoms in total.